The van der Waals surface area contributed by atoms with Gasteiger partial charge in [0, 0.05) is 11.6 Å². The Morgan fingerprint density at radius 2 is 1.68 bits per heavy atom. The highest BCUT2D eigenvalue weighted by molar-refractivity contribution is 7.89. The fraction of sp³-hybridized carbons (Fsp3) is 0.174. The number of nitrogens with zero attached hydrogens (tertiary/aromatic N) is 1. The molecule has 0 aliphatic rings. The second-order valence-corrected chi connectivity index (χ2v) is 9.39. The van der Waals surface area contributed by atoms with E-state index in [-0.39, 0.29) is 17.0 Å². The average molecular weight is 460 g/mol. The summed E-state index contributed by atoms with van der Waals surface area (Å²) in [5, 5.41) is 19.8. The number of rotatable bonds is 8. The van der Waals surface area contributed by atoms with Crippen LogP contribution in [-0.4, -0.2) is 35.5 Å². The van der Waals surface area contributed by atoms with E-state index in [0.717, 1.165) is 0 Å². The van der Waals surface area contributed by atoms with Crippen LogP contribution in [0.15, 0.2) is 77.7 Å². The molecule has 1 atom stereocenters. The number of sulfonamides is 1. The molecule has 0 bridgehead atoms. The van der Waals surface area contributed by atoms with E-state index in [2.05, 4.69) is 0 Å². The van der Waals surface area contributed by atoms with Crippen LogP contribution in [0.5, 0.6) is 0 Å². The second kappa shape index (κ2) is 9.62. The summed E-state index contributed by atoms with van der Waals surface area (Å²) in [5.74, 6) is -1.06. The molecule has 3 rings (SSSR count). The molecule has 8 heteroatoms. The summed E-state index contributed by atoms with van der Waals surface area (Å²) in [7, 11) is -4.02. The molecular formula is C23H22ClNO5S. The Balaban J connectivity index is 2.10. The summed E-state index contributed by atoms with van der Waals surface area (Å²) >= 11 is 5.92. The van der Waals surface area contributed by atoms with Crippen LogP contribution in [0.2, 0.25) is 5.02 Å². The van der Waals surface area contributed by atoms with Crippen LogP contribution in [0.3, 0.4) is 0 Å². The van der Waals surface area contributed by atoms with Gasteiger partial charge in [0.2, 0.25) is 10.0 Å². The lowest BCUT2D eigenvalue weighted by atomic mass is 10.0. The van der Waals surface area contributed by atoms with E-state index in [1.165, 1.54) is 40.7 Å². The minimum absolute atomic E-state index is 0.0448. The SMILES string of the molecule is Cc1cc(C(=O)O)ccc1CN(C(CO)c1ccccc1)S(=O)(=O)c1ccc(Cl)cc1. The van der Waals surface area contributed by atoms with Gasteiger partial charge >= 0.3 is 5.97 Å². The van der Waals surface area contributed by atoms with Gasteiger partial charge in [-0.05, 0) is 60.0 Å². The summed E-state index contributed by atoms with van der Waals surface area (Å²) in [6.07, 6.45) is 0. The molecule has 0 heterocycles. The number of hydrogen-bond donors (Lipinski definition) is 2. The van der Waals surface area contributed by atoms with Gasteiger partial charge in [0.25, 0.3) is 0 Å². The first kappa shape index (κ1) is 23.0. The van der Waals surface area contributed by atoms with Gasteiger partial charge in [0.05, 0.1) is 23.1 Å². The third kappa shape index (κ3) is 5.14. The normalized spacial score (nSPS) is 12.6. The lowest BCUT2D eigenvalue weighted by Gasteiger charge is -2.30. The number of aliphatic hydroxyl groups is 1. The van der Waals surface area contributed by atoms with Gasteiger partial charge in [-0.3, -0.25) is 0 Å². The molecule has 1 unspecified atom stereocenters. The lowest BCUT2D eigenvalue weighted by Crippen LogP contribution is -2.36. The molecule has 3 aromatic carbocycles. The van der Waals surface area contributed by atoms with Crippen molar-refractivity contribution < 1.29 is 23.4 Å². The van der Waals surface area contributed by atoms with Crippen molar-refractivity contribution in [2.24, 2.45) is 0 Å². The van der Waals surface area contributed by atoms with E-state index in [0.29, 0.717) is 21.7 Å². The minimum Gasteiger partial charge on any atom is -0.478 e. The van der Waals surface area contributed by atoms with Gasteiger partial charge in [-0.1, -0.05) is 48.0 Å². The maximum atomic E-state index is 13.6. The zero-order valence-electron chi connectivity index (χ0n) is 16.8. The number of benzene rings is 3. The molecule has 0 saturated heterocycles. The number of aromatic carboxylic acids is 1. The van der Waals surface area contributed by atoms with Gasteiger partial charge in [0.1, 0.15) is 0 Å². The highest BCUT2D eigenvalue weighted by Gasteiger charge is 2.32. The van der Waals surface area contributed by atoms with Gasteiger partial charge in [-0.15, -0.1) is 0 Å². The van der Waals surface area contributed by atoms with Crippen LogP contribution in [0.4, 0.5) is 0 Å². The summed E-state index contributed by atoms with van der Waals surface area (Å²) in [6, 6.07) is 18.4. The van der Waals surface area contributed by atoms with Crippen molar-refractivity contribution >= 4 is 27.6 Å². The van der Waals surface area contributed by atoms with E-state index in [4.69, 9.17) is 11.6 Å². The first-order valence-corrected chi connectivity index (χ1v) is 11.3. The Kier molecular flexibility index (Phi) is 7.12. The van der Waals surface area contributed by atoms with Crippen molar-refractivity contribution in [3.05, 3.63) is 100 Å². The van der Waals surface area contributed by atoms with E-state index < -0.39 is 28.6 Å². The highest BCUT2D eigenvalue weighted by Crippen LogP contribution is 2.31. The fourth-order valence-electron chi connectivity index (χ4n) is 3.32. The Labute approximate surface area is 186 Å². The maximum absolute atomic E-state index is 13.6. The predicted molar refractivity (Wildman–Crippen MR) is 119 cm³/mol. The van der Waals surface area contributed by atoms with E-state index in [1.54, 1.807) is 37.3 Å². The third-order valence-corrected chi connectivity index (χ3v) is 7.16. The lowest BCUT2D eigenvalue weighted by molar-refractivity contribution is 0.0696. The number of aryl methyl sites for hydroxylation is 1. The van der Waals surface area contributed by atoms with Crippen molar-refractivity contribution in [2.45, 2.75) is 24.4 Å². The molecule has 0 aliphatic heterocycles. The van der Waals surface area contributed by atoms with Gasteiger partial charge in [-0.25, -0.2) is 13.2 Å². The largest absolute Gasteiger partial charge is 0.478 e. The number of carboxylic acid groups (broad SMARTS) is 1. The smallest absolute Gasteiger partial charge is 0.335 e. The molecule has 0 aliphatic carbocycles. The zero-order valence-corrected chi connectivity index (χ0v) is 18.3. The molecule has 0 aromatic heterocycles. The summed E-state index contributed by atoms with van der Waals surface area (Å²) < 4.78 is 28.4. The van der Waals surface area contributed by atoms with Crippen molar-refractivity contribution in [1.82, 2.24) is 4.31 Å². The Hall–Kier alpha value is -2.71. The predicted octanol–water partition coefficient (Wildman–Crippen LogP) is 4.27. The van der Waals surface area contributed by atoms with Crippen LogP contribution in [0, 0.1) is 6.92 Å². The molecular weight excluding hydrogens is 438 g/mol. The molecule has 0 fully saturated rings. The number of hydrogen-bond acceptors (Lipinski definition) is 4. The summed E-state index contributed by atoms with van der Waals surface area (Å²) in [4.78, 5) is 11.3. The van der Waals surface area contributed by atoms with Crippen molar-refractivity contribution in [3.63, 3.8) is 0 Å². The van der Waals surface area contributed by atoms with Crippen molar-refractivity contribution in [2.75, 3.05) is 6.61 Å². The Bertz CT molecular complexity index is 1160. The van der Waals surface area contributed by atoms with Crippen LogP contribution in [0.25, 0.3) is 0 Å². The molecule has 3 aromatic rings. The zero-order chi connectivity index (χ0) is 22.6. The summed E-state index contributed by atoms with van der Waals surface area (Å²) in [6.45, 7) is 1.26. The highest BCUT2D eigenvalue weighted by atomic mass is 35.5. The van der Waals surface area contributed by atoms with Crippen LogP contribution >= 0.6 is 11.6 Å². The van der Waals surface area contributed by atoms with Crippen LogP contribution in [0.1, 0.15) is 33.1 Å². The molecule has 0 spiro atoms. The molecule has 31 heavy (non-hydrogen) atoms. The van der Waals surface area contributed by atoms with Crippen LogP contribution < -0.4 is 0 Å². The van der Waals surface area contributed by atoms with Crippen molar-refractivity contribution in [1.29, 1.82) is 0 Å². The molecule has 2 N–H and O–H groups in total. The topological polar surface area (TPSA) is 94.9 Å². The molecule has 0 saturated carbocycles. The number of carbonyl (C=O) groups is 1. The minimum atomic E-state index is -4.02. The Morgan fingerprint density at radius 3 is 2.23 bits per heavy atom. The third-order valence-electron chi connectivity index (χ3n) is 5.04. The molecule has 162 valence electrons. The summed E-state index contributed by atoms with van der Waals surface area (Å²) in [5.41, 5.74) is 2.04. The monoisotopic (exact) mass is 459 g/mol. The maximum Gasteiger partial charge on any atom is 0.335 e. The standard InChI is InChI=1S/C23H22ClNO5S/c1-16-13-18(23(27)28)7-8-19(16)14-25(22(15-26)17-5-3-2-4-6-17)31(29,30)21-11-9-20(24)10-12-21/h2-13,22,26H,14-15H2,1H3,(H,27,28). The molecule has 0 amide bonds. The second-order valence-electron chi connectivity index (χ2n) is 7.06. The quantitative estimate of drug-likeness (QED) is 0.524. The van der Waals surface area contributed by atoms with Crippen molar-refractivity contribution in [3.8, 4) is 0 Å². The first-order valence-electron chi connectivity index (χ1n) is 9.50. The van der Waals surface area contributed by atoms with E-state index >= 15 is 0 Å². The number of halogens is 1. The van der Waals surface area contributed by atoms with Crippen LogP contribution in [-0.2, 0) is 16.6 Å². The first-order chi connectivity index (χ1) is 14.7. The average Bonchev–Trinajstić information content (AvgIpc) is 2.75. The molecule has 0 radical (unpaired) electrons. The van der Waals surface area contributed by atoms with Gasteiger partial charge in [0.15, 0.2) is 0 Å². The van der Waals surface area contributed by atoms with Gasteiger partial charge in [-0.2, -0.15) is 4.31 Å². The van der Waals surface area contributed by atoms with E-state index in [1.807, 2.05) is 6.07 Å². The van der Waals surface area contributed by atoms with Gasteiger partial charge < -0.3 is 10.2 Å². The number of aliphatic hydroxyl groups excluding tert-OH is 1. The van der Waals surface area contributed by atoms with E-state index in [9.17, 15) is 23.4 Å². The Morgan fingerprint density at radius 1 is 1.03 bits per heavy atom. The fourth-order valence-corrected chi connectivity index (χ4v) is 5.03. The molecule has 6 nitrogen and oxygen atoms in total. The number of carboxylic acids is 1.